The fourth-order valence-electron chi connectivity index (χ4n) is 1.70. The minimum Gasteiger partial charge on any atom is -0.481 e. The van der Waals surface area contributed by atoms with Gasteiger partial charge in [-0.15, -0.1) is 0 Å². The second-order valence-corrected chi connectivity index (χ2v) is 4.73. The molecule has 1 aromatic heterocycles. The van der Waals surface area contributed by atoms with Crippen LogP contribution in [-0.2, 0) is 6.54 Å². The van der Waals surface area contributed by atoms with Gasteiger partial charge < -0.3 is 15.4 Å². The average Bonchev–Trinajstić information content (AvgIpc) is 3.26. The topological polar surface area (TPSA) is 58.5 Å². The number of aromatic nitrogens is 1. The molecule has 2 N–H and O–H groups in total. The van der Waals surface area contributed by atoms with Crippen molar-refractivity contribution in [3.8, 4) is 5.88 Å². The Balaban J connectivity index is 1.87. The SMILES string of the molecule is CCNC(=NCc1ccc(OC)nc1)NCC1CC1. The van der Waals surface area contributed by atoms with Crippen LogP contribution in [0.3, 0.4) is 0 Å². The Morgan fingerprint density at radius 3 is 2.84 bits per heavy atom. The maximum absolute atomic E-state index is 5.03. The summed E-state index contributed by atoms with van der Waals surface area (Å²) in [6.45, 7) is 4.59. The molecule has 1 aliphatic carbocycles. The summed E-state index contributed by atoms with van der Waals surface area (Å²) < 4.78 is 5.03. The third-order valence-electron chi connectivity index (χ3n) is 3.03. The molecule has 5 heteroatoms. The van der Waals surface area contributed by atoms with Gasteiger partial charge in [0.1, 0.15) is 0 Å². The number of aliphatic imine (C=N–C) groups is 1. The molecule has 0 amide bonds. The second-order valence-electron chi connectivity index (χ2n) is 4.73. The molecule has 1 heterocycles. The van der Waals surface area contributed by atoms with Gasteiger partial charge in [-0.05, 0) is 31.2 Å². The summed E-state index contributed by atoms with van der Waals surface area (Å²) in [6, 6.07) is 3.84. The van der Waals surface area contributed by atoms with Crippen LogP contribution in [0, 0.1) is 5.92 Å². The first kappa shape index (κ1) is 13.6. The lowest BCUT2D eigenvalue weighted by atomic mass is 10.3. The zero-order valence-corrected chi connectivity index (χ0v) is 11.6. The first-order valence-electron chi connectivity index (χ1n) is 6.83. The van der Waals surface area contributed by atoms with Crippen molar-refractivity contribution >= 4 is 5.96 Å². The lowest BCUT2D eigenvalue weighted by Gasteiger charge is -2.10. The molecule has 1 fully saturated rings. The van der Waals surface area contributed by atoms with Crippen LogP contribution in [0.25, 0.3) is 0 Å². The largest absolute Gasteiger partial charge is 0.481 e. The highest BCUT2D eigenvalue weighted by Crippen LogP contribution is 2.27. The quantitative estimate of drug-likeness (QED) is 0.603. The molecule has 1 saturated carbocycles. The molecule has 0 atom stereocenters. The number of nitrogens with one attached hydrogen (secondary N) is 2. The van der Waals surface area contributed by atoms with Crippen molar-refractivity contribution in [3.05, 3.63) is 23.9 Å². The predicted molar refractivity (Wildman–Crippen MR) is 76.3 cm³/mol. The number of nitrogens with zero attached hydrogens (tertiary/aromatic N) is 2. The fraction of sp³-hybridized carbons (Fsp3) is 0.571. The Morgan fingerprint density at radius 1 is 1.42 bits per heavy atom. The Hall–Kier alpha value is -1.78. The van der Waals surface area contributed by atoms with Gasteiger partial charge in [0, 0.05) is 25.4 Å². The van der Waals surface area contributed by atoms with E-state index in [0.717, 1.165) is 30.5 Å². The van der Waals surface area contributed by atoms with Crippen LogP contribution in [0.15, 0.2) is 23.3 Å². The highest BCUT2D eigenvalue weighted by Gasteiger charge is 2.20. The van der Waals surface area contributed by atoms with Crippen molar-refractivity contribution in [1.82, 2.24) is 15.6 Å². The fourth-order valence-corrected chi connectivity index (χ4v) is 1.70. The van der Waals surface area contributed by atoms with Gasteiger partial charge in [0.05, 0.1) is 13.7 Å². The van der Waals surface area contributed by atoms with Crippen molar-refractivity contribution < 1.29 is 4.74 Å². The number of guanidine groups is 1. The van der Waals surface area contributed by atoms with Crippen molar-refractivity contribution in [2.75, 3.05) is 20.2 Å². The number of rotatable bonds is 6. The van der Waals surface area contributed by atoms with Crippen LogP contribution in [0.5, 0.6) is 5.88 Å². The monoisotopic (exact) mass is 262 g/mol. The van der Waals surface area contributed by atoms with Gasteiger partial charge in [-0.25, -0.2) is 9.98 Å². The molecule has 2 rings (SSSR count). The molecule has 19 heavy (non-hydrogen) atoms. The van der Waals surface area contributed by atoms with E-state index < -0.39 is 0 Å². The van der Waals surface area contributed by atoms with E-state index in [1.54, 1.807) is 13.3 Å². The van der Waals surface area contributed by atoms with E-state index >= 15 is 0 Å². The van der Waals surface area contributed by atoms with Gasteiger partial charge >= 0.3 is 0 Å². The van der Waals surface area contributed by atoms with Crippen LogP contribution in [-0.4, -0.2) is 31.1 Å². The van der Waals surface area contributed by atoms with Crippen LogP contribution < -0.4 is 15.4 Å². The summed E-state index contributed by atoms with van der Waals surface area (Å²) in [5.74, 6) is 2.35. The van der Waals surface area contributed by atoms with E-state index in [0.29, 0.717) is 12.4 Å². The van der Waals surface area contributed by atoms with Gasteiger partial charge in [-0.3, -0.25) is 0 Å². The van der Waals surface area contributed by atoms with Gasteiger partial charge in [-0.2, -0.15) is 0 Å². The average molecular weight is 262 g/mol. The summed E-state index contributed by atoms with van der Waals surface area (Å²) in [5, 5.41) is 6.62. The zero-order valence-electron chi connectivity index (χ0n) is 11.6. The zero-order chi connectivity index (χ0) is 13.5. The molecule has 0 aliphatic heterocycles. The molecule has 0 radical (unpaired) electrons. The molecule has 0 aromatic carbocycles. The lowest BCUT2D eigenvalue weighted by molar-refractivity contribution is 0.397. The van der Waals surface area contributed by atoms with Crippen molar-refractivity contribution in [1.29, 1.82) is 0 Å². The van der Waals surface area contributed by atoms with Crippen LogP contribution >= 0.6 is 0 Å². The third kappa shape index (κ3) is 4.77. The smallest absolute Gasteiger partial charge is 0.212 e. The standard InChI is InChI=1S/C14H22N4O/c1-3-15-14(17-8-11-4-5-11)18-10-12-6-7-13(19-2)16-9-12/h6-7,9,11H,3-5,8,10H2,1-2H3,(H2,15,17,18). The van der Waals surface area contributed by atoms with E-state index in [4.69, 9.17) is 4.74 Å². The Morgan fingerprint density at radius 2 is 2.26 bits per heavy atom. The minimum atomic E-state index is 0.622. The molecule has 0 spiro atoms. The first-order valence-corrected chi connectivity index (χ1v) is 6.83. The summed E-state index contributed by atoms with van der Waals surface area (Å²) in [5.41, 5.74) is 1.07. The third-order valence-corrected chi connectivity index (χ3v) is 3.03. The molecular formula is C14H22N4O. The van der Waals surface area contributed by atoms with Gasteiger partial charge in [-0.1, -0.05) is 6.07 Å². The Labute approximate surface area is 114 Å². The molecule has 0 unspecified atom stereocenters. The van der Waals surface area contributed by atoms with Crippen LogP contribution in [0.2, 0.25) is 0 Å². The Bertz CT molecular complexity index is 412. The normalized spacial score (nSPS) is 15.2. The summed E-state index contributed by atoms with van der Waals surface area (Å²) in [6.07, 6.45) is 4.48. The number of pyridine rings is 1. The number of hydrogen-bond acceptors (Lipinski definition) is 3. The number of ether oxygens (including phenoxy) is 1. The van der Waals surface area contributed by atoms with E-state index in [9.17, 15) is 0 Å². The van der Waals surface area contributed by atoms with E-state index in [2.05, 4.69) is 27.5 Å². The van der Waals surface area contributed by atoms with E-state index in [1.807, 2.05) is 12.1 Å². The Kier molecular flexibility index (Phi) is 5.01. The van der Waals surface area contributed by atoms with Crippen molar-refractivity contribution in [2.24, 2.45) is 10.9 Å². The maximum Gasteiger partial charge on any atom is 0.212 e. The summed E-state index contributed by atoms with van der Waals surface area (Å²) in [7, 11) is 1.62. The van der Waals surface area contributed by atoms with Gasteiger partial charge in [0.15, 0.2) is 5.96 Å². The number of hydrogen-bond donors (Lipinski definition) is 2. The summed E-state index contributed by atoms with van der Waals surface area (Å²) in [4.78, 5) is 8.73. The molecule has 5 nitrogen and oxygen atoms in total. The minimum absolute atomic E-state index is 0.622. The highest BCUT2D eigenvalue weighted by molar-refractivity contribution is 5.79. The molecule has 1 aromatic rings. The number of methoxy groups -OCH3 is 1. The summed E-state index contributed by atoms with van der Waals surface area (Å²) >= 11 is 0. The van der Waals surface area contributed by atoms with E-state index in [1.165, 1.54) is 12.8 Å². The van der Waals surface area contributed by atoms with Crippen LogP contribution in [0.1, 0.15) is 25.3 Å². The van der Waals surface area contributed by atoms with Crippen LogP contribution in [0.4, 0.5) is 0 Å². The predicted octanol–water partition coefficient (Wildman–Crippen LogP) is 1.56. The molecule has 1 aliphatic rings. The first-order chi connectivity index (χ1) is 9.31. The van der Waals surface area contributed by atoms with E-state index in [-0.39, 0.29) is 0 Å². The molecule has 0 saturated heterocycles. The molecular weight excluding hydrogens is 240 g/mol. The molecule has 104 valence electrons. The van der Waals surface area contributed by atoms with Crippen molar-refractivity contribution in [2.45, 2.75) is 26.3 Å². The van der Waals surface area contributed by atoms with Crippen molar-refractivity contribution in [3.63, 3.8) is 0 Å². The van der Waals surface area contributed by atoms with Gasteiger partial charge in [0.2, 0.25) is 5.88 Å². The second kappa shape index (κ2) is 6.97. The highest BCUT2D eigenvalue weighted by atomic mass is 16.5. The molecule has 0 bridgehead atoms. The van der Waals surface area contributed by atoms with Gasteiger partial charge in [0.25, 0.3) is 0 Å². The maximum atomic E-state index is 5.03. The lowest BCUT2D eigenvalue weighted by Crippen LogP contribution is -2.38.